The number of carbonyl (C=O) groups is 1. The molecule has 0 heterocycles. The fourth-order valence-corrected chi connectivity index (χ4v) is 1.99. The summed E-state index contributed by atoms with van der Waals surface area (Å²) >= 11 is 0. The Morgan fingerprint density at radius 3 is 2.57 bits per heavy atom. The molecule has 0 saturated carbocycles. The summed E-state index contributed by atoms with van der Waals surface area (Å²) < 4.78 is 18.6. The predicted molar refractivity (Wildman–Crippen MR) is 79.4 cm³/mol. The molecule has 1 amide bonds. The van der Waals surface area contributed by atoms with Crippen molar-refractivity contribution in [3.63, 3.8) is 0 Å². The van der Waals surface area contributed by atoms with Crippen molar-refractivity contribution in [3.8, 4) is 5.75 Å². The van der Waals surface area contributed by atoms with Gasteiger partial charge in [-0.2, -0.15) is 0 Å². The zero-order valence-electron chi connectivity index (χ0n) is 12.0. The second kappa shape index (κ2) is 7.43. The lowest BCUT2D eigenvalue weighted by atomic mass is 10.2. The third kappa shape index (κ3) is 4.60. The van der Waals surface area contributed by atoms with Crippen LogP contribution in [0.3, 0.4) is 0 Å². The lowest BCUT2D eigenvalue weighted by Crippen LogP contribution is -2.34. The Kier molecular flexibility index (Phi) is 5.32. The van der Waals surface area contributed by atoms with Crippen molar-refractivity contribution in [1.82, 2.24) is 4.90 Å². The average Bonchev–Trinajstić information content (AvgIpc) is 2.51. The number of benzene rings is 2. The second-order valence-corrected chi connectivity index (χ2v) is 4.64. The monoisotopic (exact) mass is 287 g/mol. The third-order valence-electron chi connectivity index (χ3n) is 3.10. The molecule has 4 heteroatoms. The molecule has 0 aliphatic heterocycles. The Morgan fingerprint density at radius 2 is 1.90 bits per heavy atom. The number of rotatable bonds is 6. The lowest BCUT2D eigenvalue weighted by Gasteiger charge is -2.21. The Hall–Kier alpha value is -2.36. The van der Waals surface area contributed by atoms with E-state index in [2.05, 4.69) is 0 Å². The molecule has 0 bridgehead atoms. The number of para-hydroxylation sites is 1. The molecule has 21 heavy (non-hydrogen) atoms. The van der Waals surface area contributed by atoms with Crippen molar-refractivity contribution < 1.29 is 13.9 Å². The standard InChI is InChI=1S/C17H18FNO2/c1-2-19(12-14-7-6-8-15(18)11-14)17(20)13-21-16-9-4-3-5-10-16/h3-11H,2,12-13H2,1H3. The molecule has 0 fully saturated rings. The topological polar surface area (TPSA) is 29.5 Å². The van der Waals surface area contributed by atoms with Gasteiger partial charge in [0, 0.05) is 13.1 Å². The molecule has 110 valence electrons. The molecular formula is C17H18FNO2. The van der Waals surface area contributed by atoms with Crippen LogP contribution in [0, 0.1) is 5.82 Å². The van der Waals surface area contributed by atoms with Crippen LogP contribution in [-0.2, 0) is 11.3 Å². The van der Waals surface area contributed by atoms with Crippen LogP contribution in [0.4, 0.5) is 4.39 Å². The van der Waals surface area contributed by atoms with Crippen molar-refractivity contribution in [2.24, 2.45) is 0 Å². The molecule has 0 N–H and O–H groups in total. The highest BCUT2D eigenvalue weighted by molar-refractivity contribution is 5.77. The number of carbonyl (C=O) groups excluding carboxylic acids is 1. The maximum absolute atomic E-state index is 13.2. The van der Waals surface area contributed by atoms with Gasteiger partial charge in [0.1, 0.15) is 11.6 Å². The van der Waals surface area contributed by atoms with E-state index in [1.165, 1.54) is 12.1 Å². The first-order valence-electron chi connectivity index (χ1n) is 6.89. The van der Waals surface area contributed by atoms with Crippen molar-refractivity contribution in [3.05, 3.63) is 66.0 Å². The number of hydrogen-bond donors (Lipinski definition) is 0. The molecule has 2 rings (SSSR count). The average molecular weight is 287 g/mol. The van der Waals surface area contributed by atoms with Crippen molar-refractivity contribution in [1.29, 1.82) is 0 Å². The van der Waals surface area contributed by atoms with E-state index >= 15 is 0 Å². The summed E-state index contributed by atoms with van der Waals surface area (Å²) in [6.45, 7) is 2.80. The Bertz CT molecular complexity index is 586. The Morgan fingerprint density at radius 1 is 1.14 bits per heavy atom. The highest BCUT2D eigenvalue weighted by Gasteiger charge is 2.13. The number of amides is 1. The summed E-state index contributed by atoms with van der Waals surface area (Å²) in [5.74, 6) is 0.245. The van der Waals surface area contributed by atoms with Crippen LogP contribution < -0.4 is 4.74 Å². The maximum Gasteiger partial charge on any atom is 0.260 e. The van der Waals surface area contributed by atoms with E-state index in [0.29, 0.717) is 18.8 Å². The molecule has 3 nitrogen and oxygen atoms in total. The van der Waals surface area contributed by atoms with Crippen LogP contribution in [0.2, 0.25) is 0 Å². The van der Waals surface area contributed by atoms with E-state index in [4.69, 9.17) is 4.74 Å². The predicted octanol–water partition coefficient (Wildman–Crippen LogP) is 3.25. The van der Waals surface area contributed by atoms with Gasteiger partial charge in [-0.25, -0.2) is 4.39 Å². The third-order valence-corrected chi connectivity index (χ3v) is 3.10. The van der Waals surface area contributed by atoms with Crippen molar-refractivity contribution >= 4 is 5.91 Å². The molecule has 0 unspecified atom stereocenters. The summed E-state index contributed by atoms with van der Waals surface area (Å²) in [4.78, 5) is 13.8. The van der Waals surface area contributed by atoms with Crippen LogP contribution in [0.25, 0.3) is 0 Å². The highest BCUT2D eigenvalue weighted by Crippen LogP contribution is 2.10. The maximum atomic E-state index is 13.2. The summed E-state index contributed by atoms with van der Waals surface area (Å²) in [7, 11) is 0. The highest BCUT2D eigenvalue weighted by atomic mass is 19.1. The number of hydrogen-bond acceptors (Lipinski definition) is 2. The summed E-state index contributed by atoms with van der Waals surface area (Å²) in [6.07, 6.45) is 0. The first-order valence-corrected chi connectivity index (χ1v) is 6.89. The first kappa shape index (κ1) is 15.0. The molecule has 0 atom stereocenters. The largest absolute Gasteiger partial charge is 0.484 e. The van der Waals surface area contributed by atoms with E-state index in [9.17, 15) is 9.18 Å². The SMILES string of the molecule is CCN(Cc1cccc(F)c1)C(=O)COc1ccccc1. The molecule has 2 aromatic carbocycles. The van der Waals surface area contributed by atoms with Crippen LogP contribution >= 0.6 is 0 Å². The molecule has 0 saturated heterocycles. The van der Waals surface area contributed by atoms with Crippen LogP contribution in [0.5, 0.6) is 5.75 Å². The normalized spacial score (nSPS) is 10.2. The zero-order valence-corrected chi connectivity index (χ0v) is 12.0. The molecule has 2 aromatic rings. The van der Waals surface area contributed by atoms with Gasteiger partial charge < -0.3 is 9.64 Å². The number of halogens is 1. The van der Waals surface area contributed by atoms with Gasteiger partial charge in [-0.15, -0.1) is 0 Å². The summed E-state index contributed by atoms with van der Waals surface area (Å²) in [5.41, 5.74) is 0.768. The molecule has 0 aliphatic rings. The quantitative estimate of drug-likeness (QED) is 0.816. The molecule has 0 radical (unpaired) electrons. The Labute approximate surface area is 124 Å². The Balaban J connectivity index is 1.92. The van der Waals surface area contributed by atoms with Gasteiger partial charge in [-0.05, 0) is 36.8 Å². The second-order valence-electron chi connectivity index (χ2n) is 4.64. The minimum atomic E-state index is -0.295. The first-order chi connectivity index (χ1) is 10.2. The molecule has 0 spiro atoms. The van der Waals surface area contributed by atoms with Crippen LogP contribution in [-0.4, -0.2) is 24.0 Å². The van der Waals surface area contributed by atoms with Crippen molar-refractivity contribution in [2.45, 2.75) is 13.5 Å². The van der Waals surface area contributed by atoms with Crippen LogP contribution in [0.1, 0.15) is 12.5 Å². The fraction of sp³-hybridized carbons (Fsp3) is 0.235. The van der Waals surface area contributed by atoms with E-state index < -0.39 is 0 Å². The van der Waals surface area contributed by atoms with Gasteiger partial charge in [-0.1, -0.05) is 30.3 Å². The molecule has 0 aliphatic carbocycles. The van der Waals surface area contributed by atoms with Gasteiger partial charge in [0.25, 0.3) is 5.91 Å². The number of ether oxygens (including phenoxy) is 1. The minimum Gasteiger partial charge on any atom is -0.484 e. The number of likely N-dealkylation sites (N-methyl/N-ethyl adjacent to an activating group) is 1. The minimum absolute atomic E-state index is 0.0207. The lowest BCUT2D eigenvalue weighted by molar-refractivity contribution is -0.133. The smallest absolute Gasteiger partial charge is 0.260 e. The van der Waals surface area contributed by atoms with Gasteiger partial charge >= 0.3 is 0 Å². The van der Waals surface area contributed by atoms with Gasteiger partial charge in [-0.3, -0.25) is 4.79 Å². The number of nitrogens with zero attached hydrogens (tertiary/aromatic N) is 1. The van der Waals surface area contributed by atoms with Gasteiger partial charge in [0.05, 0.1) is 0 Å². The van der Waals surface area contributed by atoms with E-state index in [0.717, 1.165) is 5.56 Å². The summed E-state index contributed by atoms with van der Waals surface area (Å²) in [6, 6.07) is 15.5. The van der Waals surface area contributed by atoms with Crippen LogP contribution in [0.15, 0.2) is 54.6 Å². The van der Waals surface area contributed by atoms with E-state index in [1.54, 1.807) is 29.2 Å². The van der Waals surface area contributed by atoms with E-state index in [1.807, 2.05) is 25.1 Å². The van der Waals surface area contributed by atoms with Gasteiger partial charge in [0.15, 0.2) is 6.61 Å². The molecule has 0 aromatic heterocycles. The van der Waals surface area contributed by atoms with Gasteiger partial charge in [0.2, 0.25) is 0 Å². The zero-order chi connectivity index (χ0) is 15.1. The fourth-order valence-electron chi connectivity index (χ4n) is 1.99. The molecular weight excluding hydrogens is 269 g/mol. The summed E-state index contributed by atoms with van der Waals surface area (Å²) in [5, 5.41) is 0. The van der Waals surface area contributed by atoms with E-state index in [-0.39, 0.29) is 18.3 Å². The van der Waals surface area contributed by atoms with Crippen molar-refractivity contribution in [2.75, 3.05) is 13.2 Å².